The Hall–Kier alpha value is -3.81. The minimum atomic E-state index is -0.905. The van der Waals surface area contributed by atoms with Crippen LogP contribution < -0.4 is 10.5 Å². The summed E-state index contributed by atoms with van der Waals surface area (Å²) in [6.45, 7) is 0.551. The normalized spacial score (nSPS) is 13.8. The standard InChI is InChI=1S/C24H24N2O6/c1-30-22(27)10-9-19(23(25)28)26-14-18-17(24(26)29)6-4-8-21(18)31-12-11-16-13-15-5-2-3-7-20(15)32-16/h2-8,13,19H,9-12,14H2,1H3,(H2,25,28). The number of esters is 1. The van der Waals surface area contributed by atoms with Gasteiger partial charge in [0.05, 0.1) is 20.3 Å². The van der Waals surface area contributed by atoms with E-state index < -0.39 is 17.9 Å². The molecule has 1 atom stereocenters. The Labute approximate surface area is 184 Å². The predicted octanol–water partition coefficient (Wildman–Crippen LogP) is 2.82. The van der Waals surface area contributed by atoms with Crippen LogP contribution in [-0.4, -0.2) is 42.4 Å². The van der Waals surface area contributed by atoms with E-state index in [9.17, 15) is 14.4 Å². The van der Waals surface area contributed by atoms with E-state index in [4.69, 9.17) is 14.9 Å². The molecule has 0 aliphatic carbocycles. The number of nitrogens with two attached hydrogens (primary N) is 1. The van der Waals surface area contributed by atoms with Crippen LogP contribution in [0.1, 0.15) is 34.5 Å². The molecule has 8 heteroatoms. The first-order valence-electron chi connectivity index (χ1n) is 10.4. The summed E-state index contributed by atoms with van der Waals surface area (Å²) in [5.74, 6) is -0.0486. The van der Waals surface area contributed by atoms with Gasteiger partial charge in [-0.15, -0.1) is 0 Å². The molecular weight excluding hydrogens is 412 g/mol. The van der Waals surface area contributed by atoms with Gasteiger partial charge in [0.1, 0.15) is 23.1 Å². The van der Waals surface area contributed by atoms with Crippen LogP contribution in [0, 0.1) is 0 Å². The van der Waals surface area contributed by atoms with Crippen LogP contribution in [0.2, 0.25) is 0 Å². The maximum atomic E-state index is 12.9. The lowest BCUT2D eigenvalue weighted by Crippen LogP contribution is -2.45. The van der Waals surface area contributed by atoms with Gasteiger partial charge in [0.15, 0.2) is 0 Å². The third-order valence-corrected chi connectivity index (χ3v) is 5.59. The molecule has 1 aliphatic heterocycles. The number of nitrogens with zero attached hydrogens (tertiary/aromatic N) is 1. The zero-order valence-corrected chi connectivity index (χ0v) is 17.7. The summed E-state index contributed by atoms with van der Waals surface area (Å²) >= 11 is 0. The Balaban J connectivity index is 1.45. The quantitative estimate of drug-likeness (QED) is 0.516. The summed E-state index contributed by atoms with van der Waals surface area (Å²) in [6, 6.07) is 14.1. The van der Waals surface area contributed by atoms with Gasteiger partial charge in [-0.05, 0) is 30.7 Å². The number of benzene rings is 2. The second kappa shape index (κ2) is 9.13. The van der Waals surface area contributed by atoms with Crippen molar-refractivity contribution in [3.05, 3.63) is 65.4 Å². The summed E-state index contributed by atoms with van der Waals surface area (Å²) in [5, 5.41) is 1.04. The molecule has 2 amide bonds. The highest BCUT2D eigenvalue weighted by Crippen LogP contribution is 2.33. The van der Waals surface area contributed by atoms with Crippen molar-refractivity contribution in [3.8, 4) is 5.75 Å². The molecule has 3 aromatic rings. The smallest absolute Gasteiger partial charge is 0.305 e. The first-order valence-corrected chi connectivity index (χ1v) is 10.4. The number of carbonyl (C=O) groups is 3. The van der Waals surface area contributed by atoms with Gasteiger partial charge in [-0.1, -0.05) is 24.3 Å². The lowest BCUT2D eigenvalue weighted by Gasteiger charge is -2.24. The van der Waals surface area contributed by atoms with E-state index in [1.807, 2.05) is 30.3 Å². The fourth-order valence-corrected chi connectivity index (χ4v) is 3.94. The van der Waals surface area contributed by atoms with Crippen LogP contribution in [0.15, 0.2) is 52.9 Å². The van der Waals surface area contributed by atoms with Gasteiger partial charge in [-0.3, -0.25) is 14.4 Å². The number of para-hydroxylation sites is 1. The number of amides is 2. The molecule has 1 aromatic heterocycles. The lowest BCUT2D eigenvalue weighted by atomic mass is 10.1. The van der Waals surface area contributed by atoms with Gasteiger partial charge in [0.25, 0.3) is 5.91 Å². The van der Waals surface area contributed by atoms with E-state index >= 15 is 0 Å². The SMILES string of the molecule is COC(=O)CCC(C(N)=O)N1Cc2c(OCCc3cc4ccccc4o3)cccc2C1=O. The summed E-state index contributed by atoms with van der Waals surface area (Å²) in [6.07, 6.45) is 0.661. The number of fused-ring (bicyclic) bond motifs is 2. The van der Waals surface area contributed by atoms with Crippen molar-refractivity contribution in [1.82, 2.24) is 4.90 Å². The van der Waals surface area contributed by atoms with E-state index in [0.29, 0.717) is 29.9 Å². The molecule has 1 unspecified atom stereocenters. The fourth-order valence-electron chi connectivity index (χ4n) is 3.94. The molecule has 32 heavy (non-hydrogen) atoms. The minimum absolute atomic E-state index is 0.00884. The Kier molecular flexibility index (Phi) is 6.11. The first kappa shape index (κ1) is 21.4. The van der Waals surface area contributed by atoms with Gasteiger partial charge in [0.2, 0.25) is 5.91 Å². The van der Waals surface area contributed by atoms with Crippen LogP contribution in [0.4, 0.5) is 0 Å². The van der Waals surface area contributed by atoms with E-state index in [1.54, 1.807) is 18.2 Å². The molecule has 0 spiro atoms. The Morgan fingerprint density at radius 2 is 2.00 bits per heavy atom. The third-order valence-electron chi connectivity index (χ3n) is 5.59. The van der Waals surface area contributed by atoms with Crippen molar-refractivity contribution in [2.45, 2.75) is 31.8 Å². The van der Waals surface area contributed by atoms with Gasteiger partial charge in [-0.2, -0.15) is 0 Å². The van der Waals surface area contributed by atoms with Crippen molar-refractivity contribution >= 4 is 28.8 Å². The largest absolute Gasteiger partial charge is 0.493 e. The number of hydrogen-bond donors (Lipinski definition) is 1. The third kappa shape index (κ3) is 4.30. The Bertz CT molecular complexity index is 1140. The maximum Gasteiger partial charge on any atom is 0.305 e. The van der Waals surface area contributed by atoms with Crippen molar-refractivity contribution in [2.75, 3.05) is 13.7 Å². The van der Waals surface area contributed by atoms with Gasteiger partial charge >= 0.3 is 5.97 Å². The molecule has 8 nitrogen and oxygen atoms in total. The van der Waals surface area contributed by atoms with Gasteiger partial charge in [0, 0.05) is 29.4 Å². The highest BCUT2D eigenvalue weighted by molar-refractivity contribution is 6.01. The zero-order valence-electron chi connectivity index (χ0n) is 17.7. The molecule has 1 aliphatic rings. The number of carbonyl (C=O) groups excluding carboxylic acids is 3. The van der Waals surface area contributed by atoms with E-state index in [2.05, 4.69) is 4.74 Å². The van der Waals surface area contributed by atoms with Gasteiger partial charge in [-0.25, -0.2) is 0 Å². The van der Waals surface area contributed by atoms with Crippen LogP contribution in [0.5, 0.6) is 5.75 Å². The van der Waals surface area contributed by atoms with Crippen molar-refractivity contribution < 1.29 is 28.3 Å². The molecule has 0 radical (unpaired) electrons. The maximum absolute atomic E-state index is 12.9. The highest BCUT2D eigenvalue weighted by Gasteiger charge is 2.37. The summed E-state index contributed by atoms with van der Waals surface area (Å²) < 4.78 is 16.4. The highest BCUT2D eigenvalue weighted by atomic mass is 16.5. The van der Waals surface area contributed by atoms with Crippen molar-refractivity contribution in [2.24, 2.45) is 5.73 Å². The summed E-state index contributed by atoms with van der Waals surface area (Å²) in [4.78, 5) is 37.8. The summed E-state index contributed by atoms with van der Waals surface area (Å²) in [7, 11) is 1.27. The van der Waals surface area contributed by atoms with Gasteiger partial charge < -0.3 is 24.5 Å². The molecule has 2 N–H and O–H groups in total. The van der Waals surface area contributed by atoms with Crippen molar-refractivity contribution in [1.29, 1.82) is 0 Å². The number of methoxy groups -OCH3 is 1. The average molecular weight is 436 g/mol. The second-order valence-electron chi connectivity index (χ2n) is 7.60. The number of hydrogen-bond acceptors (Lipinski definition) is 6. The molecule has 2 heterocycles. The molecule has 0 bridgehead atoms. The first-order chi connectivity index (χ1) is 15.5. The molecule has 166 valence electrons. The van der Waals surface area contributed by atoms with E-state index in [1.165, 1.54) is 12.0 Å². The molecule has 0 saturated carbocycles. The van der Waals surface area contributed by atoms with Crippen LogP contribution >= 0.6 is 0 Å². The number of furan rings is 1. The van der Waals surface area contributed by atoms with Crippen molar-refractivity contribution in [3.63, 3.8) is 0 Å². The number of ether oxygens (including phenoxy) is 2. The molecule has 2 aromatic carbocycles. The zero-order chi connectivity index (χ0) is 22.7. The molecule has 0 saturated heterocycles. The van der Waals surface area contributed by atoms with Crippen LogP contribution in [-0.2, 0) is 27.3 Å². The number of rotatable bonds is 9. The topological polar surface area (TPSA) is 112 Å². The molecule has 4 rings (SSSR count). The average Bonchev–Trinajstić information content (AvgIpc) is 3.35. The van der Waals surface area contributed by atoms with E-state index in [-0.39, 0.29) is 25.3 Å². The predicted molar refractivity (Wildman–Crippen MR) is 116 cm³/mol. The second-order valence-corrected chi connectivity index (χ2v) is 7.60. The Morgan fingerprint density at radius 1 is 1.19 bits per heavy atom. The molecule has 0 fully saturated rings. The lowest BCUT2D eigenvalue weighted by molar-refractivity contribution is -0.141. The number of primary amides is 1. The fraction of sp³-hybridized carbons (Fsp3) is 0.292. The molecular formula is C24H24N2O6. The summed E-state index contributed by atoms with van der Waals surface area (Å²) in [5.41, 5.74) is 7.53. The Morgan fingerprint density at radius 3 is 2.75 bits per heavy atom. The monoisotopic (exact) mass is 436 g/mol. The minimum Gasteiger partial charge on any atom is -0.493 e. The van der Waals surface area contributed by atoms with E-state index in [0.717, 1.165) is 16.7 Å². The van der Waals surface area contributed by atoms with Crippen LogP contribution in [0.3, 0.4) is 0 Å². The van der Waals surface area contributed by atoms with Crippen LogP contribution in [0.25, 0.3) is 11.0 Å².